The van der Waals surface area contributed by atoms with Crippen LogP contribution in [0.3, 0.4) is 0 Å². The van der Waals surface area contributed by atoms with E-state index >= 15 is 0 Å². The summed E-state index contributed by atoms with van der Waals surface area (Å²) >= 11 is 1.37. The van der Waals surface area contributed by atoms with E-state index in [0.717, 1.165) is 16.7 Å². The Morgan fingerprint density at radius 2 is 2.10 bits per heavy atom. The largest absolute Gasteiger partial charge is 0.489 e. The van der Waals surface area contributed by atoms with Crippen molar-refractivity contribution in [1.82, 2.24) is 5.43 Å². The quantitative estimate of drug-likeness (QED) is 0.382. The Morgan fingerprint density at radius 3 is 2.70 bits per heavy atom. The second-order valence-electron chi connectivity index (χ2n) is 4.14. The van der Waals surface area contributed by atoms with Crippen molar-refractivity contribution in [3.8, 4) is 5.75 Å². The zero-order valence-corrected chi connectivity index (χ0v) is 11.7. The molecule has 5 nitrogen and oxygen atoms in total. The number of carbonyl (C=O) groups is 2. The Balaban J connectivity index is 2.04. The molecule has 0 radical (unpaired) electrons. The van der Waals surface area contributed by atoms with Gasteiger partial charge in [0.25, 0.3) is 5.91 Å². The van der Waals surface area contributed by atoms with Gasteiger partial charge in [0.2, 0.25) is 0 Å². The van der Waals surface area contributed by atoms with E-state index in [-0.39, 0.29) is 5.91 Å². The third-order valence-electron chi connectivity index (χ3n) is 2.79. The molecule has 0 atom stereocenters. The van der Waals surface area contributed by atoms with Crippen LogP contribution in [0.1, 0.15) is 30.5 Å². The Labute approximate surface area is 120 Å². The number of aldehydes is 1. The zero-order chi connectivity index (χ0) is 14.5. The summed E-state index contributed by atoms with van der Waals surface area (Å²) in [6.07, 6.45) is 0.782. The number of nitrogens with one attached hydrogen (secondary N) is 1. The minimum Gasteiger partial charge on any atom is -0.489 e. The number of thiophene rings is 1. The fourth-order valence-corrected chi connectivity index (χ4v) is 2.58. The van der Waals surface area contributed by atoms with Crippen molar-refractivity contribution in [2.45, 2.75) is 13.5 Å². The third-order valence-corrected chi connectivity index (χ3v) is 3.88. The molecule has 0 saturated heterocycles. The number of rotatable bonds is 5. The van der Waals surface area contributed by atoms with E-state index in [0.29, 0.717) is 22.8 Å². The first-order valence-corrected chi connectivity index (χ1v) is 6.74. The van der Waals surface area contributed by atoms with Crippen molar-refractivity contribution in [1.29, 1.82) is 0 Å². The topological polar surface area (TPSA) is 81.4 Å². The van der Waals surface area contributed by atoms with Crippen LogP contribution in [0.2, 0.25) is 0 Å². The Bertz CT molecular complexity index is 620. The summed E-state index contributed by atoms with van der Waals surface area (Å²) in [4.78, 5) is 23.5. The lowest BCUT2D eigenvalue weighted by atomic mass is 10.2. The highest BCUT2D eigenvalue weighted by Crippen LogP contribution is 2.23. The predicted molar refractivity (Wildman–Crippen MR) is 76.9 cm³/mol. The first-order chi connectivity index (χ1) is 9.63. The molecule has 0 bridgehead atoms. The van der Waals surface area contributed by atoms with Gasteiger partial charge in [-0.15, -0.1) is 11.3 Å². The van der Waals surface area contributed by atoms with E-state index in [2.05, 4.69) is 5.43 Å². The molecule has 0 aliphatic heterocycles. The number of hydrogen-bond acceptors (Lipinski definition) is 5. The van der Waals surface area contributed by atoms with Crippen LogP contribution in [0.4, 0.5) is 0 Å². The molecular weight excluding hydrogens is 276 g/mol. The van der Waals surface area contributed by atoms with Crippen molar-refractivity contribution in [3.05, 3.63) is 51.2 Å². The molecule has 0 saturated carbocycles. The summed E-state index contributed by atoms with van der Waals surface area (Å²) in [6, 6.07) is 8.62. The number of amides is 1. The molecule has 2 aromatic rings. The second-order valence-corrected chi connectivity index (χ2v) is 5.40. The number of nitrogens with two attached hydrogens (primary N) is 1. The van der Waals surface area contributed by atoms with Crippen LogP contribution in [0.5, 0.6) is 5.75 Å². The normalized spacial score (nSPS) is 10.1. The van der Waals surface area contributed by atoms with E-state index < -0.39 is 0 Å². The molecule has 3 N–H and O–H groups in total. The van der Waals surface area contributed by atoms with Gasteiger partial charge < -0.3 is 4.74 Å². The fourth-order valence-electron chi connectivity index (χ4n) is 1.65. The maximum absolute atomic E-state index is 11.4. The van der Waals surface area contributed by atoms with E-state index in [1.807, 2.05) is 6.92 Å². The minimum atomic E-state index is -0.306. The van der Waals surface area contributed by atoms with Gasteiger partial charge in [0.05, 0.1) is 4.88 Å². The van der Waals surface area contributed by atoms with Gasteiger partial charge >= 0.3 is 0 Å². The fraction of sp³-hybridized carbons (Fsp3) is 0.143. The van der Waals surface area contributed by atoms with E-state index in [1.54, 1.807) is 30.3 Å². The maximum atomic E-state index is 11.4. The second kappa shape index (κ2) is 6.31. The number of ether oxygens (including phenoxy) is 1. The number of nitrogen functional groups attached to an aromatic ring is 1. The molecule has 6 heteroatoms. The lowest BCUT2D eigenvalue weighted by Crippen LogP contribution is -2.29. The molecule has 1 heterocycles. The van der Waals surface area contributed by atoms with Crippen LogP contribution in [-0.2, 0) is 6.61 Å². The van der Waals surface area contributed by atoms with Crippen LogP contribution >= 0.6 is 11.3 Å². The highest BCUT2D eigenvalue weighted by atomic mass is 32.1. The predicted octanol–water partition coefficient (Wildman–Crippen LogP) is 2.05. The molecule has 0 aliphatic carbocycles. The SMILES string of the molecule is Cc1sc(C(=O)NN)cc1COc1ccc(C=O)cc1. The van der Waals surface area contributed by atoms with Gasteiger partial charge in [0.15, 0.2) is 0 Å². The Kier molecular flexibility index (Phi) is 4.49. The summed E-state index contributed by atoms with van der Waals surface area (Å²) in [6.45, 7) is 2.28. The number of benzene rings is 1. The molecule has 20 heavy (non-hydrogen) atoms. The smallest absolute Gasteiger partial charge is 0.275 e. The molecule has 2 rings (SSSR count). The van der Waals surface area contributed by atoms with Gasteiger partial charge in [0, 0.05) is 16.0 Å². The Hall–Kier alpha value is -2.18. The van der Waals surface area contributed by atoms with Gasteiger partial charge in [-0.1, -0.05) is 0 Å². The monoisotopic (exact) mass is 290 g/mol. The molecule has 0 unspecified atom stereocenters. The van der Waals surface area contributed by atoms with Gasteiger partial charge in [0.1, 0.15) is 18.6 Å². The van der Waals surface area contributed by atoms with E-state index in [1.165, 1.54) is 11.3 Å². The van der Waals surface area contributed by atoms with Gasteiger partial charge in [-0.3, -0.25) is 15.0 Å². The minimum absolute atomic E-state index is 0.306. The molecule has 1 aromatic heterocycles. The lowest BCUT2D eigenvalue weighted by molar-refractivity contribution is 0.0957. The molecule has 0 fully saturated rings. The number of aryl methyl sites for hydroxylation is 1. The van der Waals surface area contributed by atoms with Crippen molar-refractivity contribution >= 4 is 23.5 Å². The standard InChI is InChI=1S/C14H14N2O3S/c1-9-11(6-13(20-9)14(18)16-15)8-19-12-4-2-10(7-17)3-5-12/h2-7H,8,15H2,1H3,(H,16,18). The average molecular weight is 290 g/mol. The molecule has 1 amide bonds. The van der Waals surface area contributed by atoms with Crippen molar-refractivity contribution < 1.29 is 14.3 Å². The van der Waals surface area contributed by atoms with Crippen LogP contribution in [0.15, 0.2) is 30.3 Å². The van der Waals surface area contributed by atoms with Crippen molar-refractivity contribution in [3.63, 3.8) is 0 Å². The van der Waals surface area contributed by atoms with Crippen LogP contribution in [0.25, 0.3) is 0 Å². The molecular formula is C14H14N2O3S. The number of carbonyl (C=O) groups excluding carboxylic acids is 2. The van der Waals surface area contributed by atoms with Crippen molar-refractivity contribution in [2.75, 3.05) is 0 Å². The van der Waals surface area contributed by atoms with Crippen LogP contribution in [-0.4, -0.2) is 12.2 Å². The first kappa shape index (κ1) is 14.2. The molecule has 1 aromatic carbocycles. The maximum Gasteiger partial charge on any atom is 0.275 e. The lowest BCUT2D eigenvalue weighted by Gasteiger charge is -2.05. The summed E-state index contributed by atoms with van der Waals surface area (Å²) in [5.74, 6) is 5.47. The summed E-state index contributed by atoms with van der Waals surface area (Å²) in [5, 5.41) is 0. The highest BCUT2D eigenvalue weighted by Gasteiger charge is 2.11. The molecule has 0 spiro atoms. The summed E-state index contributed by atoms with van der Waals surface area (Å²) < 4.78 is 5.63. The van der Waals surface area contributed by atoms with Crippen molar-refractivity contribution in [2.24, 2.45) is 5.84 Å². The third kappa shape index (κ3) is 3.23. The van der Waals surface area contributed by atoms with Gasteiger partial charge in [-0.2, -0.15) is 0 Å². The first-order valence-electron chi connectivity index (χ1n) is 5.92. The summed E-state index contributed by atoms with van der Waals surface area (Å²) in [5.41, 5.74) is 3.65. The average Bonchev–Trinajstić information content (AvgIpc) is 2.86. The van der Waals surface area contributed by atoms with E-state index in [9.17, 15) is 9.59 Å². The summed E-state index contributed by atoms with van der Waals surface area (Å²) in [7, 11) is 0. The zero-order valence-electron chi connectivity index (χ0n) is 10.9. The number of hydrogen-bond donors (Lipinski definition) is 2. The highest BCUT2D eigenvalue weighted by molar-refractivity contribution is 7.14. The molecule has 104 valence electrons. The van der Waals surface area contributed by atoms with Gasteiger partial charge in [-0.05, 0) is 37.3 Å². The van der Waals surface area contributed by atoms with E-state index in [4.69, 9.17) is 10.6 Å². The molecule has 0 aliphatic rings. The van der Waals surface area contributed by atoms with Gasteiger partial charge in [-0.25, -0.2) is 5.84 Å². The number of hydrazine groups is 1. The van der Waals surface area contributed by atoms with Crippen LogP contribution in [0, 0.1) is 6.92 Å². The van der Waals surface area contributed by atoms with Crippen LogP contribution < -0.4 is 16.0 Å². The Morgan fingerprint density at radius 1 is 1.40 bits per heavy atom.